The standard InChI is InChI=1S/C21H24N4O5S/c1-10(2)29-21(28)16-13(5)17(18(22)26)31-20(16)23-19(27)15-7-6-14(30-15)9-25-12(4)8-11(3)24-25/h6-8,10H,9H2,1-5H3,(H2,22,26)(H,23,27). The fraction of sp³-hybridized carbons (Fsp3) is 0.333. The summed E-state index contributed by atoms with van der Waals surface area (Å²) in [5, 5.41) is 7.20. The number of esters is 1. The number of primary amides is 1. The number of amides is 2. The van der Waals surface area contributed by atoms with Gasteiger partial charge in [0.05, 0.1) is 28.8 Å². The van der Waals surface area contributed by atoms with E-state index in [1.165, 1.54) is 6.07 Å². The van der Waals surface area contributed by atoms with Gasteiger partial charge in [-0.25, -0.2) is 4.79 Å². The second-order valence-electron chi connectivity index (χ2n) is 7.38. The number of carbonyl (C=O) groups excluding carboxylic acids is 3. The Morgan fingerprint density at radius 3 is 2.55 bits per heavy atom. The van der Waals surface area contributed by atoms with Crippen LogP contribution in [0.25, 0.3) is 0 Å². The summed E-state index contributed by atoms with van der Waals surface area (Å²) in [4.78, 5) is 37.2. The van der Waals surface area contributed by atoms with Gasteiger partial charge in [-0.3, -0.25) is 14.3 Å². The molecule has 10 heteroatoms. The van der Waals surface area contributed by atoms with Crippen LogP contribution < -0.4 is 11.1 Å². The van der Waals surface area contributed by atoms with Crippen LogP contribution in [0.3, 0.4) is 0 Å². The minimum Gasteiger partial charge on any atom is -0.459 e. The lowest BCUT2D eigenvalue weighted by atomic mass is 10.1. The molecule has 0 fully saturated rings. The minimum absolute atomic E-state index is 0.0615. The Kier molecular flexibility index (Phi) is 6.30. The molecule has 0 aromatic carbocycles. The Morgan fingerprint density at radius 1 is 1.26 bits per heavy atom. The summed E-state index contributed by atoms with van der Waals surface area (Å²) in [6.45, 7) is 9.21. The van der Waals surface area contributed by atoms with Crippen LogP contribution in [0.1, 0.15) is 67.1 Å². The third-order valence-corrected chi connectivity index (χ3v) is 5.66. The molecule has 0 radical (unpaired) electrons. The Morgan fingerprint density at radius 2 is 1.97 bits per heavy atom. The van der Waals surface area contributed by atoms with E-state index in [4.69, 9.17) is 14.9 Å². The van der Waals surface area contributed by atoms with Crippen LogP contribution in [0, 0.1) is 20.8 Å². The zero-order chi connectivity index (χ0) is 22.9. The van der Waals surface area contributed by atoms with Gasteiger partial charge < -0.3 is 20.2 Å². The number of nitrogens with one attached hydrogen (secondary N) is 1. The number of carbonyl (C=O) groups is 3. The van der Waals surface area contributed by atoms with Crippen molar-refractivity contribution in [3.63, 3.8) is 0 Å². The molecule has 0 bridgehead atoms. The van der Waals surface area contributed by atoms with Gasteiger partial charge >= 0.3 is 5.97 Å². The molecule has 0 atom stereocenters. The van der Waals surface area contributed by atoms with Crippen molar-refractivity contribution in [2.24, 2.45) is 5.73 Å². The number of aromatic nitrogens is 2. The second-order valence-corrected chi connectivity index (χ2v) is 8.40. The van der Waals surface area contributed by atoms with Crippen LogP contribution in [0.2, 0.25) is 0 Å². The monoisotopic (exact) mass is 444 g/mol. The summed E-state index contributed by atoms with van der Waals surface area (Å²) >= 11 is 0.924. The van der Waals surface area contributed by atoms with E-state index in [0.717, 1.165) is 22.7 Å². The molecule has 2 amide bonds. The third kappa shape index (κ3) is 4.85. The molecule has 0 aliphatic rings. The summed E-state index contributed by atoms with van der Waals surface area (Å²) in [5.41, 5.74) is 7.74. The van der Waals surface area contributed by atoms with Crippen molar-refractivity contribution >= 4 is 34.1 Å². The number of rotatable bonds is 7. The average Bonchev–Trinajstić information content (AvgIpc) is 3.33. The molecular weight excluding hydrogens is 420 g/mol. The summed E-state index contributed by atoms with van der Waals surface area (Å²) in [6, 6.07) is 5.18. The van der Waals surface area contributed by atoms with Gasteiger partial charge in [0.15, 0.2) is 5.76 Å². The highest BCUT2D eigenvalue weighted by atomic mass is 32.1. The maximum absolute atomic E-state index is 12.7. The minimum atomic E-state index is -0.688. The van der Waals surface area contributed by atoms with Gasteiger partial charge in [-0.2, -0.15) is 5.10 Å². The maximum Gasteiger partial charge on any atom is 0.341 e. The van der Waals surface area contributed by atoms with Crippen molar-refractivity contribution in [2.75, 3.05) is 5.32 Å². The zero-order valence-electron chi connectivity index (χ0n) is 17.9. The van der Waals surface area contributed by atoms with Gasteiger partial charge in [-0.05, 0) is 58.4 Å². The topological polar surface area (TPSA) is 129 Å². The first-order valence-electron chi connectivity index (χ1n) is 9.62. The lowest BCUT2D eigenvalue weighted by molar-refractivity contribution is 0.0379. The van der Waals surface area contributed by atoms with E-state index >= 15 is 0 Å². The molecule has 3 rings (SSSR count). The van der Waals surface area contributed by atoms with Crippen molar-refractivity contribution in [3.8, 4) is 0 Å². The lowest BCUT2D eigenvalue weighted by Gasteiger charge is -2.10. The third-order valence-electron chi connectivity index (χ3n) is 4.44. The van der Waals surface area contributed by atoms with Crippen LogP contribution in [0.5, 0.6) is 0 Å². The molecule has 3 N–H and O–H groups in total. The van der Waals surface area contributed by atoms with Crippen LogP contribution in [0.15, 0.2) is 22.6 Å². The molecule has 0 saturated carbocycles. The van der Waals surface area contributed by atoms with E-state index in [9.17, 15) is 14.4 Å². The number of hydrogen-bond acceptors (Lipinski definition) is 7. The van der Waals surface area contributed by atoms with Crippen molar-refractivity contribution < 1.29 is 23.5 Å². The largest absolute Gasteiger partial charge is 0.459 e. The van der Waals surface area contributed by atoms with E-state index in [2.05, 4.69) is 10.4 Å². The van der Waals surface area contributed by atoms with Gasteiger partial charge in [-0.1, -0.05) is 0 Å². The zero-order valence-corrected chi connectivity index (χ0v) is 18.8. The summed E-state index contributed by atoms with van der Waals surface area (Å²) in [5.74, 6) is -1.28. The van der Waals surface area contributed by atoms with Gasteiger partial charge in [0.25, 0.3) is 11.8 Å². The molecule has 31 heavy (non-hydrogen) atoms. The smallest absolute Gasteiger partial charge is 0.341 e. The van der Waals surface area contributed by atoms with E-state index in [1.807, 2.05) is 19.9 Å². The summed E-state index contributed by atoms with van der Waals surface area (Å²) in [7, 11) is 0. The fourth-order valence-corrected chi connectivity index (χ4v) is 4.13. The average molecular weight is 445 g/mol. The van der Waals surface area contributed by atoms with E-state index in [0.29, 0.717) is 17.9 Å². The highest BCUT2D eigenvalue weighted by Crippen LogP contribution is 2.34. The fourth-order valence-electron chi connectivity index (χ4n) is 3.09. The quantitative estimate of drug-likeness (QED) is 0.537. The van der Waals surface area contributed by atoms with Crippen LogP contribution >= 0.6 is 11.3 Å². The molecule has 3 aromatic heterocycles. The lowest BCUT2D eigenvalue weighted by Crippen LogP contribution is -2.17. The second kappa shape index (κ2) is 8.76. The Labute approximate surface area is 183 Å². The molecule has 3 aromatic rings. The predicted molar refractivity (Wildman–Crippen MR) is 116 cm³/mol. The number of furan rings is 1. The Hall–Kier alpha value is -3.40. The van der Waals surface area contributed by atoms with Gasteiger partial charge in [0.1, 0.15) is 10.8 Å². The van der Waals surface area contributed by atoms with E-state index in [1.54, 1.807) is 31.5 Å². The van der Waals surface area contributed by atoms with Crippen molar-refractivity contribution in [2.45, 2.75) is 47.3 Å². The molecule has 3 heterocycles. The Balaban J connectivity index is 1.84. The highest BCUT2D eigenvalue weighted by Gasteiger charge is 2.27. The van der Waals surface area contributed by atoms with E-state index < -0.39 is 17.8 Å². The molecular formula is C21H24N4O5S. The predicted octanol–water partition coefficient (Wildman–Crippen LogP) is 3.43. The van der Waals surface area contributed by atoms with Crippen LogP contribution in [-0.4, -0.2) is 33.7 Å². The summed E-state index contributed by atoms with van der Waals surface area (Å²) < 4.78 is 12.7. The highest BCUT2D eigenvalue weighted by molar-refractivity contribution is 7.18. The SMILES string of the molecule is Cc1cc(C)n(Cc2ccc(C(=O)Nc3sc(C(N)=O)c(C)c3C(=O)OC(C)C)o2)n1. The number of anilines is 1. The van der Waals surface area contributed by atoms with Gasteiger partial charge in [0, 0.05) is 5.69 Å². The van der Waals surface area contributed by atoms with Crippen LogP contribution in [-0.2, 0) is 11.3 Å². The molecule has 0 aliphatic carbocycles. The number of nitrogens with two attached hydrogens (primary N) is 1. The number of ether oxygens (including phenoxy) is 1. The number of nitrogens with zero attached hydrogens (tertiary/aromatic N) is 2. The molecule has 0 unspecified atom stereocenters. The van der Waals surface area contributed by atoms with Crippen molar-refractivity contribution in [1.29, 1.82) is 0 Å². The van der Waals surface area contributed by atoms with Gasteiger partial charge in [0.2, 0.25) is 0 Å². The molecule has 9 nitrogen and oxygen atoms in total. The first-order chi connectivity index (χ1) is 14.6. The number of aryl methyl sites for hydroxylation is 2. The maximum atomic E-state index is 12.7. The molecule has 164 valence electrons. The number of hydrogen-bond donors (Lipinski definition) is 2. The molecule has 0 aliphatic heterocycles. The van der Waals surface area contributed by atoms with Crippen molar-refractivity contribution in [3.05, 3.63) is 57.1 Å². The first-order valence-corrected chi connectivity index (χ1v) is 10.4. The number of thiophene rings is 1. The van der Waals surface area contributed by atoms with E-state index in [-0.39, 0.29) is 27.3 Å². The summed E-state index contributed by atoms with van der Waals surface area (Å²) in [6.07, 6.45) is -0.366. The Bertz CT molecular complexity index is 1150. The van der Waals surface area contributed by atoms with Crippen molar-refractivity contribution in [1.82, 2.24) is 9.78 Å². The molecule has 0 spiro atoms. The normalized spacial score (nSPS) is 11.0. The first kappa shape index (κ1) is 22.3. The van der Waals surface area contributed by atoms with Crippen LogP contribution in [0.4, 0.5) is 5.00 Å². The molecule has 0 saturated heterocycles. The van der Waals surface area contributed by atoms with Gasteiger partial charge in [-0.15, -0.1) is 11.3 Å².